The van der Waals surface area contributed by atoms with Gasteiger partial charge in [0.05, 0.1) is 0 Å². The number of nitrogens with zero attached hydrogens (tertiary/aromatic N) is 2. The van der Waals surface area contributed by atoms with E-state index in [1.54, 1.807) is 13.8 Å². The van der Waals surface area contributed by atoms with Gasteiger partial charge in [-0.3, -0.25) is 25.5 Å². The Morgan fingerprint density at radius 1 is 0.767 bits per heavy atom. The molecule has 0 saturated carbocycles. The van der Waals surface area contributed by atoms with Gasteiger partial charge in [0.2, 0.25) is 12.1 Å². The Kier molecular flexibility index (Phi) is 6.22. The number of hydrogen-bond acceptors (Lipinski definition) is 5. The molecule has 160 valence electrons. The van der Waals surface area contributed by atoms with Crippen molar-refractivity contribution in [2.24, 2.45) is 5.41 Å². The minimum atomic E-state index is -1.17. The Bertz CT molecular complexity index is 836. The fraction of sp³-hybridized carbons (Fsp3) is 0.478. The fourth-order valence-electron chi connectivity index (χ4n) is 4.67. The zero-order valence-electron chi connectivity index (χ0n) is 17.9. The molecular weight excluding hydrogens is 382 g/mol. The summed E-state index contributed by atoms with van der Waals surface area (Å²) in [6, 6.07) is 11.9. The summed E-state index contributed by atoms with van der Waals surface area (Å²) in [4.78, 5) is 23.5. The number of piperidine rings is 1. The standard InChI is InChI=1S/C23H29N3O4/c1-5-15-7-11-17(12-8-15)19-21(25(27)28)23(3,4)22(26(29)30)20(24-19)18-13-9-16(6-2)10-14-18/h7-14,19-22,24H,5-6H2,1-4H3/t19-,20+,21+,22-. The smallest absolute Gasteiger partial charge is 0.243 e. The van der Waals surface area contributed by atoms with E-state index in [-0.39, 0.29) is 9.85 Å². The van der Waals surface area contributed by atoms with E-state index in [0.717, 1.165) is 35.1 Å². The summed E-state index contributed by atoms with van der Waals surface area (Å²) in [5.41, 5.74) is 2.67. The van der Waals surface area contributed by atoms with Crippen LogP contribution in [0.1, 0.15) is 62.0 Å². The van der Waals surface area contributed by atoms with Crippen LogP contribution in [0.15, 0.2) is 48.5 Å². The lowest BCUT2D eigenvalue weighted by Crippen LogP contribution is -2.63. The van der Waals surface area contributed by atoms with Crippen molar-refractivity contribution in [2.45, 2.75) is 64.7 Å². The molecule has 1 N–H and O–H groups in total. The highest BCUT2D eigenvalue weighted by atomic mass is 16.6. The van der Waals surface area contributed by atoms with Gasteiger partial charge in [-0.25, -0.2) is 0 Å². The Morgan fingerprint density at radius 3 is 1.37 bits per heavy atom. The molecule has 0 unspecified atom stereocenters. The van der Waals surface area contributed by atoms with E-state index >= 15 is 0 Å². The van der Waals surface area contributed by atoms with Gasteiger partial charge in [-0.05, 0) is 48.9 Å². The van der Waals surface area contributed by atoms with E-state index < -0.39 is 29.6 Å². The minimum Gasteiger partial charge on any atom is -0.291 e. The van der Waals surface area contributed by atoms with Gasteiger partial charge in [0, 0.05) is 9.85 Å². The Balaban J connectivity index is 2.11. The van der Waals surface area contributed by atoms with E-state index in [1.807, 2.05) is 48.5 Å². The van der Waals surface area contributed by atoms with Gasteiger partial charge >= 0.3 is 0 Å². The molecule has 1 aliphatic heterocycles. The van der Waals surface area contributed by atoms with Crippen LogP contribution in [0, 0.1) is 25.6 Å². The molecule has 4 atom stereocenters. The van der Waals surface area contributed by atoms with Gasteiger partial charge in [-0.15, -0.1) is 0 Å². The number of nitro groups is 2. The molecular formula is C23H29N3O4. The molecule has 1 aliphatic rings. The van der Waals surface area contributed by atoms with E-state index in [2.05, 4.69) is 19.2 Å². The zero-order valence-corrected chi connectivity index (χ0v) is 17.9. The third-order valence-corrected chi connectivity index (χ3v) is 6.46. The molecule has 1 heterocycles. The summed E-state index contributed by atoms with van der Waals surface area (Å²) in [6.45, 7) is 7.40. The van der Waals surface area contributed by atoms with Crippen LogP contribution in [-0.2, 0) is 12.8 Å². The third-order valence-electron chi connectivity index (χ3n) is 6.46. The van der Waals surface area contributed by atoms with Crippen molar-refractivity contribution in [3.63, 3.8) is 0 Å². The Labute approximate surface area is 176 Å². The van der Waals surface area contributed by atoms with Crippen LogP contribution in [0.25, 0.3) is 0 Å². The number of hydrogen-bond donors (Lipinski definition) is 1. The van der Waals surface area contributed by atoms with E-state index in [4.69, 9.17) is 0 Å². The molecule has 3 rings (SSSR count). The number of nitrogens with one attached hydrogen (secondary N) is 1. The normalized spacial score (nSPS) is 25.6. The first-order chi connectivity index (χ1) is 14.2. The highest BCUT2D eigenvalue weighted by Crippen LogP contribution is 2.46. The lowest BCUT2D eigenvalue weighted by Gasteiger charge is -2.44. The van der Waals surface area contributed by atoms with Crippen molar-refractivity contribution in [3.8, 4) is 0 Å². The van der Waals surface area contributed by atoms with Crippen LogP contribution in [0.4, 0.5) is 0 Å². The molecule has 7 nitrogen and oxygen atoms in total. The summed E-state index contributed by atoms with van der Waals surface area (Å²) in [5.74, 6) is 0. The van der Waals surface area contributed by atoms with Crippen LogP contribution in [0.2, 0.25) is 0 Å². The average Bonchev–Trinajstić information content (AvgIpc) is 2.71. The molecule has 1 fully saturated rings. The van der Waals surface area contributed by atoms with E-state index in [0.29, 0.717) is 0 Å². The quantitative estimate of drug-likeness (QED) is 0.557. The van der Waals surface area contributed by atoms with Crippen molar-refractivity contribution >= 4 is 0 Å². The second kappa shape index (κ2) is 8.52. The zero-order chi connectivity index (χ0) is 22.1. The molecule has 0 spiro atoms. The van der Waals surface area contributed by atoms with Crippen molar-refractivity contribution in [3.05, 3.63) is 91.0 Å². The summed E-state index contributed by atoms with van der Waals surface area (Å²) in [5, 5.41) is 27.5. The van der Waals surface area contributed by atoms with Gasteiger partial charge < -0.3 is 0 Å². The monoisotopic (exact) mass is 411 g/mol. The predicted molar refractivity (Wildman–Crippen MR) is 116 cm³/mol. The second-order valence-corrected chi connectivity index (χ2v) is 8.59. The lowest BCUT2D eigenvalue weighted by molar-refractivity contribution is -0.605. The maximum Gasteiger partial charge on any atom is 0.243 e. The summed E-state index contributed by atoms with van der Waals surface area (Å²) >= 11 is 0. The van der Waals surface area contributed by atoms with Crippen molar-refractivity contribution in [2.75, 3.05) is 0 Å². The van der Waals surface area contributed by atoms with Crippen LogP contribution in [-0.4, -0.2) is 21.9 Å². The maximum atomic E-state index is 12.1. The topological polar surface area (TPSA) is 98.3 Å². The Hall–Kier alpha value is -2.80. The van der Waals surface area contributed by atoms with Crippen LogP contribution >= 0.6 is 0 Å². The van der Waals surface area contributed by atoms with Crippen LogP contribution < -0.4 is 5.32 Å². The predicted octanol–water partition coefficient (Wildman–Crippen LogP) is 4.51. The van der Waals surface area contributed by atoms with Gasteiger partial charge in [0.15, 0.2) is 0 Å². The highest BCUT2D eigenvalue weighted by molar-refractivity contribution is 5.31. The first kappa shape index (κ1) is 21.9. The molecule has 0 bridgehead atoms. The molecule has 0 aliphatic carbocycles. The van der Waals surface area contributed by atoms with E-state index in [9.17, 15) is 20.2 Å². The molecule has 0 amide bonds. The molecule has 0 radical (unpaired) electrons. The maximum absolute atomic E-state index is 12.1. The molecule has 2 aromatic rings. The molecule has 2 aromatic carbocycles. The minimum absolute atomic E-state index is 0.363. The van der Waals surface area contributed by atoms with Crippen molar-refractivity contribution in [1.29, 1.82) is 0 Å². The fourth-order valence-corrected chi connectivity index (χ4v) is 4.67. The Morgan fingerprint density at radius 2 is 1.10 bits per heavy atom. The van der Waals surface area contributed by atoms with Gasteiger partial charge in [-0.2, -0.15) is 0 Å². The average molecular weight is 412 g/mol. The third kappa shape index (κ3) is 3.94. The summed E-state index contributed by atoms with van der Waals surface area (Å²) in [7, 11) is 0. The first-order valence-corrected chi connectivity index (χ1v) is 10.4. The lowest BCUT2D eigenvalue weighted by atomic mass is 9.66. The molecule has 7 heteroatoms. The van der Waals surface area contributed by atoms with Gasteiger partial charge in [0.25, 0.3) is 0 Å². The summed E-state index contributed by atoms with van der Waals surface area (Å²) in [6.07, 6.45) is 1.75. The van der Waals surface area contributed by atoms with Crippen molar-refractivity contribution in [1.82, 2.24) is 5.32 Å². The van der Waals surface area contributed by atoms with Gasteiger partial charge in [-0.1, -0.05) is 62.4 Å². The second-order valence-electron chi connectivity index (χ2n) is 8.59. The molecule has 30 heavy (non-hydrogen) atoms. The number of benzene rings is 2. The highest BCUT2D eigenvalue weighted by Gasteiger charge is 2.62. The molecule has 0 aromatic heterocycles. The number of aryl methyl sites for hydroxylation is 2. The van der Waals surface area contributed by atoms with Crippen molar-refractivity contribution < 1.29 is 9.85 Å². The SMILES string of the molecule is CCc1ccc([C@H]2N[C@@H](c3ccc(CC)cc3)[C@@H]([N+](=O)[O-])C(C)(C)[C@H]2[N+](=O)[O-])cc1. The number of rotatable bonds is 6. The van der Waals surface area contributed by atoms with Crippen LogP contribution in [0.5, 0.6) is 0 Å². The van der Waals surface area contributed by atoms with Crippen LogP contribution in [0.3, 0.4) is 0 Å². The van der Waals surface area contributed by atoms with E-state index in [1.165, 1.54) is 0 Å². The molecule has 1 saturated heterocycles. The van der Waals surface area contributed by atoms with Gasteiger partial charge in [0.1, 0.15) is 17.5 Å². The first-order valence-electron chi connectivity index (χ1n) is 10.4. The largest absolute Gasteiger partial charge is 0.291 e. The summed E-state index contributed by atoms with van der Waals surface area (Å²) < 4.78 is 0.